The lowest BCUT2D eigenvalue weighted by Gasteiger charge is -2.34. The summed E-state index contributed by atoms with van der Waals surface area (Å²) in [6, 6.07) is 12.0. The van der Waals surface area contributed by atoms with Gasteiger partial charge in [0, 0.05) is 12.0 Å². The van der Waals surface area contributed by atoms with Gasteiger partial charge in [-0.1, -0.05) is 54.8 Å². The fourth-order valence-electron chi connectivity index (χ4n) is 3.65. The summed E-state index contributed by atoms with van der Waals surface area (Å²) in [5.74, 6) is -0.718. The highest BCUT2D eigenvalue weighted by Crippen LogP contribution is 2.40. The Bertz CT molecular complexity index is 791. The second-order valence-electron chi connectivity index (χ2n) is 6.54. The number of carbonyl (C=O) groups is 1. The Labute approximate surface area is 155 Å². The van der Waals surface area contributed by atoms with Gasteiger partial charge in [0.2, 0.25) is 0 Å². The number of hydrogen-bond donors (Lipinski definition) is 1. The average molecular weight is 382 g/mol. The zero-order chi connectivity index (χ0) is 18.7. The van der Waals surface area contributed by atoms with Gasteiger partial charge in [-0.25, -0.2) is 0 Å². The van der Waals surface area contributed by atoms with Crippen molar-refractivity contribution in [3.63, 3.8) is 0 Å². The second kappa shape index (κ2) is 7.70. The van der Waals surface area contributed by atoms with Gasteiger partial charge in [0.1, 0.15) is 0 Å². The van der Waals surface area contributed by atoms with Crippen LogP contribution >= 0.6 is 11.6 Å². The molecule has 1 fully saturated rings. The molecule has 0 spiro atoms. The van der Waals surface area contributed by atoms with E-state index in [9.17, 15) is 18.0 Å². The summed E-state index contributed by atoms with van der Waals surface area (Å²) in [5, 5.41) is 3.24. The maximum Gasteiger partial charge on any atom is 0.416 e. The van der Waals surface area contributed by atoms with Gasteiger partial charge in [-0.05, 0) is 36.6 Å². The molecule has 0 unspecified atom stereocenters. The molecule has 6 heteroatoms. The molecule has 2 aromatic rings. The predicted octanol–water partition coefficient (Wildman–Crippen LogP) is 5.82. The van der Waals surface area contributed by atoms with Crippen LogP contribution in [0.1, 0.15) is 53.1 Å². The third-order valence-electron chi connectivity index (χ3n) is 4.87. The minimum atomic E-state index is -4.41. The van der Waals surface area contributed by atoms with Crippen LogP contribution in [0.3, 0.4) is 0 Å². The molecule has 1 aliphatic rings. The molecule has 2 aromatic carbocycles. The number of hydrogen-bond acceptors (Lipinski definition) is 1. The summed E-state index contributed by atoms with van der Waals surface area (Å²) >= 11 is 6.07. The Kier molecular flexibility index (Phi) is 5.56. The first kappa shape index (κ1) is 18.8. The van der Waals surface area contributed by atoms with Gasteiger partial charge in [-0.15, -0.1) is 0 Å². The fraction of sp³-hybridized carbons (Fsp3) is 0.350. The first-order valence-corrected chi connectivity index (χ1v) is 8.97. The highest BCUT2D eigenvalue weighted by Gasteiger charge is 2.38. The Morgan fingerprint density at radius 3 is 2.38 bits per heavy atom. The van der Waals surface area contributed by atoms with Crippen molar-refractivity contribution in [1.82, 2.24) is 5.32 Å². The van der Waals surface area contributed by atoms with Gasteiger partial charge in [-0.3, -0.25) is 4.79 Å². The van der Waals surface area contributed by atoms with Crippen molar-refractivity contribution in [2.24, 2.45) is 0 Å². The molecule has 2 nitrogen and oxygen atoms in total. The maximum absolute atomic E-state index is 13.4. The SMILES string of the molecule is O=C(N[C@H]1CCCC[C@H]1c1ccccc1C(F)(F)F)c1ccccc1Cl. The molecule has 3 rings (SSSR count). The van der Waals surface area contributed by atoms with E-state index in [4.69, 9.17) is 11.6 Å². The number of nitrogens with one attached hydrogen (secondary N) is 1. The van der Waals surface area contributed by atoms with Gasteiger partial charge >= 0.3 is 6.18 Å². The molecule has 1 N–H and O–H groups in total. The molecule has 2 atom stereocenters. The minimum absolute atomic E-state index is 0.254. The van der Waals surface area contributed by atoms with E-state index in [0.29, 0.717) is 23.4 Å². The van der Waals surface area contributed by atoms with Crippen LogP contribution in [0.15, 0.2) is 48.5 Å². The normalized spacial score (nSPS) is 20.6. The van der Waals surface area contributed by atoms with Crippen LogP contribution in [0.2, 0.25) is 5.02 Å². The molecule has 1 amide bonds. The van der Waals surface area contributed by atoms with E-state index in [2.05, 4.69) is 5.32 Å². The third kappa shape index (κ3) is 4.04. The van der Waals surface area contributed by atoms with Crippen molar-refractivity contribution in [2.75, 3.05) is 0 Å². The zero-order valence-electron chi connectivity index (χ0n) is 14.0. The van der Waals surface area contributed by atoms with Crippen molar-refractivity contribution in [3.8, 4) is 0 Å². The lowest BCUT2D eigenvalue weighted by Crippen LogP contribution is -2.41. The third-order valence-corrected chi connectivity index (χ3v) is 5.20. The van der Waals surface area contributed by atoms with E-state index in [0.717, 1.165) is 18.9 Å². The Hall–Kier alpha value is -2.01. The summed E-state index contributed by atoms with van der Waals surface area (Å²) in [4.78, 5) is 12.6. The Balaban J connectivity index is 1.88. The van der Waals surface area contributed by atoms with Crippen LogP contribution in [0, 0.1) is 0 Å². The van der Waals surface area contributed by atoms with Crippen LogP contribution in [-0.2, 0) is 6.18 Å². The zero-order valence-corrected chi connectivity index (χ0v) is 14.8. The van der Waals surface area contributed by atoms with E-state index in [-0.39, 0.29) is 23.4 Å². The highest BCUT2D eigenvalue weighted by molar-refractivity contribution is 6.33. The van der Waals surface area contributed by atoms with Crippen molar-refractivity contribution in [1.29, 1.82) is 0 Å². The van der Waals surface area contributed by atoms with Crippen molar-refractivity contribution >= 4 is 17.5 Å². The highest BCUT2D eigenvalue weighted by atomic mass is 35.5. The van der Waals surface area contributed by atoms with Crippen LogP contribution < -0.4 is 5.32 Å². The van der Waals surface area contributed by atoms with Crippen molar-refractivity contribution < 1.29 is 18.0 Å². The molecule has 1 saturated carbocycles. The molecule has 138 valence electrons. The number of benzene rings is 2. The number of halogens is 4. The molecule has 0 saturated heterocycles. The van der Waals surface area contributed by atoms with Crippen molar-refractivity contribution in [3.05, 3.63) is 70.2 Å². The second-order valence-corrected chi connectivity index (χ2v) is 6.94. The summed E-state index contributed by atoms with van der Waals surface area (Å²) in [6.45, 7) is 0. The van der Waals surface area contributed by atoms with Gasteiger partial charge in [0.25, 0.3) is 5.91 Å². The van der Waals surface area contributed by atoms with Crippen LogP contribution in [0.25, 0.3) is 0 Å². The molecule has 0 bridgehead atoms. The topological polar surface area (TPSA) is 29.1 Å². The summed E-state index contributed by atoms with van der Waals surface area (Å²) < 4.78 is 40.2. The molecular weight excluding hydrogens is 363 g/mol. The molecule has 0 radical (unpaired) electrons. The minimum Gasteiger partial charge on any atom is -0.349 e. The van der Waals surface area contributed by atoms with Gasteiger partial charge < -0.3 is 5.32 Å². The van der Waals surface area contributed by atoms with Crippen LogP contribution in [-0.4, -0.2) is 11.9 Å². The summed E-state index contributed by atoms with van der Waals surface area (Å²) in [7, 11) is 0. The molecular formula is C20H19ClF3NO. The smallest absolute Gasteiger partial charge is 0.349 e. The van der Waals surface area contributed by atoms with E-state index in [1.54, 1.807) is 30.3 Å². The largest absolute Gasteiger partial charge is 0.416 e. The number of rotatable bonds is 3. The lowest BCUT2D eigenvalue weighted by atomic mass is 9.78. The van der Waals surface area contributed by atoms with Gasteiger partial charge in [0.15, 0.2) is 0 Å². The van der Waals surface area contributed by atoms with E-state index >= 15 is 0 Å². The van der Waals surface area contributed by atoms with E-state index in [1.165, 1.54) is 12.1 Å². The Morgan fingerprint density at radius 1 is 1.00 bits per heavy atom. The maximum atomic E-state index is 13.4. The number of alkyl halides is 3. The predicted molar refractivity (Wildman–Crippen MR) is 95.4 cm³/mol. The van der Waals surface area contributed by atoms with Gasteiger partial charge in [-0.2, -0.15) is 13.2 Å². The number of carbonyl (C=O) groups excluding carboxylic acids is 1. The average Bonchev–Trinajstić information content (AvgIpc) is 2.62. The summed E-state index contributed by atoms with van der Waals surface area (Å²) in [6.07, 6.45) is -1.44. The quantitative estimate of drug-likeness (QED) is 0.713. The fourth-order valence-corrected chi connectivity index (χ4v) is 3.87. The first-order valence-electron chi connectivity index (χ1n) is 8.59. The molecule has 1 aliphatic carbocycles. The standard InChI is InChI=1S/C20H19ClF3NO/c21-17-11-5-2-9-15(17)19(26)25-18-12-6-3-8-14(18)13-7-1-4-10-16(13)20(22,23)24/h1-2,4-5,7,9-11,14,18H,3,6,8,12H2,(H,25,26)/t14-,18-/m0/s1. The van der Waals surface area contributed by atoms with Crippen LogP contribution in [0.5, 0.6) is 0 Å². The monoisotopic (exact) mass is 381 g/mol. The molecule has 0 heterocycles. The van der Waals surface area contributed by atoms with Gasteiger partial charge in [0.05, 0.1) is 16.1 Å². The van der Waals surface area contributed by atoms with Crippen LogP contribution in [0.4, 0.5) is 13.2 Å². The number of amides is 1. The molecule has 0 aromatic heterocycles. The lowest BCUT2D eigenvalue weighted by molar-refractivity contribution is -0.138. The molecule has 0 aliphatic heterocycles. The van der Waals surface area contributed by atoms with Crippen molar-refractivity contribution in [2.45, 2.75) is 43.8 Å². The Morgan fingerprint density at radius 2 is 1.65 bits per heavy atom. The first-order chi connectivity index (χ1) is 12.4. The van der Waals surface area contributed by atoms with E-state index < -0.39 is 11.7 Å². The summed E-state index contributed by atoms with van der Waals surface area (Å²) in [5.41, 5.74) is -0.0318. The van der Waals surface area contributed by atoms with E-state index in [1.807, 2.05) is 0 Å². The molecule has 26 heavy (non-hydrogen) atoms.